The molecule has 0 bridgehead atoms. The maximum Gasteiger partial charge on any atom is 0.264 e. The summed E-state index contributed by atoms with van der Waals surface area (Å²) in [4.78, 5) is 14.1. The lowest BCUT2D eigenvalue weighted by atomic mass is 10.1. The molecular weight excluding hydrogens is 518 g/mol. The second-order valence-electron chi connectivity index (χ2n) is 4.98. The van der Waals surface area contributed by atoms with Crippen LogP contribution in [0.4, 0.5) is 0 Å². The van der Waals surface area contributed by atoms with E-state index in [4.69, 9.17) is 11.2 Å². The molecule has 2 rings (SSSR count). The number of nitrogens with zero attached hydrogens (tertiary/aromatic N) is 2. The van der Waals surface area contributed by atoms with Gasteiger partial charge in [-0.05, 0) is 81.8 Å². The van der Waals surface area contributed by atoms with E-state index in [1.54, 1.807) is 11.0 Å². The Bertz CT molecular complexity index is 700. The third-order valence-corrected chi connectivity index (χ3v) is 4.98. The standard InChI is InChI=1S/C17H14I2N2O2/c1-2-7-23-16-14(18)9-12(10-15(16)19)8-13(11-20)17(22)21-5-3-4-6-21/h1,8-10H,3-7H2/b13-8+. The zero-order chi connectivity index (χ0) is 16.8. The summed E-state index contributed by atoms with van der Waals surface area (Å²) in [7, 11) is 0. The molecule has 0 N–H and O–H groups in total. The summed E-state index contributed by atoms with van der Waals surface area (Å²) in [5.41, 5.74) is 0.965. The van der Waals surface area contributed by atoms with Crippen LogP contribution >= 0.6 is 45.2 Å². The molecule has 0 atom stereocenters. The Morgan fingerprint density at radius 2 is 1.96 bits per heavy atom. The Kier molecular flexibility index (Phi) is 6.72. The number of nitriles is 1. The number of carbonyl (C=O) groups is 1. The molecule has 0 aromatic heterocycles. The highest BCUT2D eigenvalue weighted by atomic mass is 127. The molecule has 1 aliphatic rings. The van der Waals surface area contributed by atoms with Gasteiger partial charge < -0.3 is 9.64 Å². The van der Waals surface area contributed by atoms with Gasteiger partial charge in [0.1, 0.15) is 24.0 Å². The molecular formula is C17H14I2N2O2. The maximum absolute atomic E-state index is 12.3. The average molecular weight is 532 g/mol. The van der Waals surface area contributed by atoms with E-state index in [2.05, 4.69) is 51.1 Å². The molecule has 1 amide bonds. The largest absolute Gasteiger partial charge is 0.479 e. The van der Waals surface area contributed by atoms with Crippen molar-refractivity contribution in [2.24, 2.45) is 0 Å². The zero-order valence-electron chi connectivity index (χ0n) is 12.3. The minimum Gasteiger partial charge on any atom is -0.479 e. The van der Waals surface area contributed by atoms with Gasteiger partial charge in [0.15, 0.2) is 0 Å². The predicted molar refractivity (Wildman–Crippen MR) is 106 cm³/mol. The van der Waals surface area contributed by atoms with E-state index in [0.29, 0.717) is 0 Å². The fourth-order valence-corrected chi connectivity index (χ4v) is 4.44. The van der Waals surface area contributed by atoms with Crippen molar-refractivity contribution in [1.82, 2.24) is 4.90 Å². The topological polar surface area (TPSA) is 53.3 Å². The summed E-state index contributed by atoms with van der Waals surface area (Å²) in [6, 6.07) is 5.78. The van der Waals surface area contributed by atoms with Gasteiger partial charge >= 0.3 is 0 Å². The number of benzene rings is 1. The highest BCUT2D eigenvalue weighted by Crippen LogP contribution is 2.30. The van der Waals surface area contributed by atoms with E-state index in [-0.39, 0.29) is 18.1 Å². The number of amides is 1. The Labute approximate surface area is 163 Å². The highest BCUT2D eigenvalue weighted by molar-refractivity contribution is 14.1. The average Bonchev–Trinajstić information content (AvgIpc) is 3.05. The van der Waals surface area contributed by atoms with E-state index in [9.17, 15) is 10.1 Å². The number of halogens is 2. The lowest BCUT2D eigenvalue weighted by Crippen LogP contribution is -2.28. The highest BCUT2D eigenvalue weighted by Gasteiger charge is 2.21. The second-order valence-corrected chi connectivity index (χ2v) is 7.30. The smallest absolute Gasteiger partial charge is 0.264 e. The zero-order valence-corrected chi connectivity index (χ0v) is 16.6. The molecule has 0 unspecified atom stereocenters. The summed E-state index contributed by atoms with van der Waals surface area (Å²) < 4.78 is 7.30. The molecule has 1 saturated heterocycles. The van der Waals surface area contributed by atoms with E-state index in [1.807, 2.05) is 18.2 Å². The molecule has 1 aromatic rings. The van der Waals surface area contributed by atoms with Crippen molar-refractivity contribution < 1.29 is 9.53 Å². The third kappa shape index (κ3) is 4.61. The first-order valence-corrected chi connectivity index (χ1v) is 9.19. The van der Waals surface area contributed by atoms with Gasteiger partial charge in [0.05, 0.1) is 7.14 Å². The first kappa shape index (κ1) is 18.1. The molecule has 1 fully saturated rings. The maximum atomic E-state index is 12.3. The fourth-order valence-electron chi connectivity index (χ4n) is 2.31. The van der Waals surface area contributed by atoms with Crippen LogP contribution < -0.4 is 4.74 Å². The number of likely N-dealkylation sites (tertiary alicyclic amines) is 1. The fraction of sp³-hybridized carbons (Fsp3) is 0.294. The van der Waals surface area contributed by atoms with Crippen molar-refractivity contribution in [3.8, 4) is 24.2 Å². The lowest BCUT2D eigenvalue weighted by Gasteiger charge is -2.14. The summed E-state index contributed by atoms with van der Waals surface area (Å²) >= 11 is 4.32. The normalized spacial score (nSPS) is 14.3. The summed E-state index contributed by atoms with van der Waals surface area (Å²) in [5, 5.41) is 9.31. The summed E-state index contributed by atoms with van der Waals surface area (Å²) in [6.45, 7) is 1.66. The van der Waals surface area contributed by atoms with Crippen molar-refractivity contribution in [3.05, 3.63) is 30.4 Å². The lowest BCUT2D eigenvalue weighted by molar-refractivity contribution is -0.125. The van der Waals surface area contributed by atoms with Crippen LogP contribution in [0, 0.1) is 30.8 Å². The minimum absolute atomic E-state index is 0.163. The van der Waals surface area contributed by atoms with Gasteiger partial charge in [-0.3, -0.25) is 4.79 Å². The van der Waals surface area contributed by atoms with E-state index in [0.717, 1.165) is 44.4 Å². The molecule has 0 aliphatic carbocycles. The van der Waals surface area contributed by atoms with Crippen molar-refractivity contribution in [2.45, 2.75) is 12.8 Å². The Balaban J connectivity index is 2.28. The molecule has 118 valence electrons. The molecule has 1 heterocycles. The first-order chi connectivity index (χ1) is 11.1. The van der Waals surface area contributed by atoms with Gasteiger partial charge in [-0.25, -0.2) is 0 Å². The van der Waals surface area contributed by atoms with Crippen molar-refractivity contribution >= 4 is 57.2 Å². The Morgan fingerprint density at radius 1 is 1.35 bits per heavy atom. The van der Waals surface area contributed by atoms with Gasteiger partial charge in [0.2, 0.25) is 0 Å². The minimum atomic E-state index is -0.192. The van der Waals surface area contributed by atoms with Crippen molar-refractivity contribution in [1.29, 1.82) is 5.26 Å². The van der Waals surface area contributed by atoms with Crippen LogP contribution in [-0.2, 0) is 4.79 Å². The number of hydrogen-bond donors (Lipinski definition) is 0. The van der Waals surface area contributed by atoms with Crippen LogP contribution in [-0.4, -0.2) is 30.5 Å². The second kappa shape index (κ2) is 8.55. The Morgan fingerprint density at radius 3 is 2.48 bits per heavy atom. The number of rotatable bonds is 4. The van der Waals surface area contributed by atoms with Crippen LogP contribution in [0.25, 0.3) is 6.08 Å². The van der Waals surface area contributed by atoms with Crippen LogP contribution in [0.15, 0.2) is 17.7 Å². The SMILES string of the molecule is C#CCOc1c(I)cc(/C=C(\C#N)C(=O)N2CCCC2)cc1I. The first-order valence-electron chi connectivity index (χ1n) is 7.03. The molecule has 6 heteroatoms. The van der Waals surface area contributed by atoms with Crippen molar-refractivity contribution in [2.75, 3.05) is 19.7 Å². The molecule has 4 nitrogen and oxygen atoms in total. The molecule has 0 saturated carbocycles. The van der Waals surface area contributed by atoms with E-state index < -0.39 is 0 Å². The van der Waals surface area contributed by atoms with E-state index >= 15 is 0 Å². The summed E-state index contributed by atoms with van der Waals surface area (Å²) in [5.74, 6) is 2.97. The number of carbonyl (C=O) groups excluding carboxylic acids is 1. The molecule has 1 aromatic carbocycles. The predicted octanol–water partition coefficient (Wildman–Crippen LogP) is 3.44. The quantitative estimate of drug-likeness (QED) is 0.259. The summed E-state index contributed by atoms with van der Waals surface area (Å²) in [6.07, 6.45) is 8.85. The van der Waals surface area contributed by atoms with Crippen molar-refractivity contribution in [3.63, 3.8) is 0 Å². The van der Waals surface area contributed by atoms with Gasteiger partial charge in [-0.15, -0.1) is 6.42 Å². The van der Waals surface area contributed by atoms with Gasteiger partial charge in [-0.1, -0.05) is 5.92 Å². The number of hydrogen-bond acceptors (Lipinski definition) is 3. The molecule has 0 radical (unpaired) electrons. The Hall–Kier alpha value is -1.26. The van der Waals surface area contributed by atoms with Gasteiger partial charge in [0.25, 0.3) is 5.91 Å². The van der Waals surface area contributed by atoms with Crippen LogP contribution in [0.5, 0.6) is 5.75 Å². The van der Waals surface area contributed by atoms with Gasteiger partial charge in [-0.2, -0.15) is 5.26 Å². The monoisotopic (exact) mass is 532 g/mol. The third-order valence-electron chi connectivity index (χ3n) is 3.38. The van der Waals surface area contributed by atoms with Gasteiger partial charge in [0, 0.05) is 13.1 Å². The number of terminal acetylenes is 1. The number of ether oxygens (including phenoxy) is 1. The van der Waals surface area contributed by atoms with E-state index in [1.165, 1.54) is 0 Å². The molecule has 0 spiro atoms. The van der Waals surface area contributed by atoms with Crippen LogP contribution in [0.1, 0.15) is 18.4 Å². The molecule has 1 aliphatic heterocycles. The van der Waals surface area contributed by atoms with Crippen LogP contribution in [0.3, 0.4) is 0 Å². The molecule has 23 heavy (non-hydrogen) atoms. The van der Waals surface area contributed by atoms with Crippen LogP contribution in [0.2, 0.25) is 0 Å².